The average Bonchev–Trinajstić information content (AvgIpc) is 2.19. The number of nitrogens with two attached hydrogens (primary N) is 1. The normalized spacial score (nSPS) is 23.1. The first kappa shape index (κ1) is 11.5. The van der Waals surface area contributed by atoms with Gasteiger partial charge in [-0.2, -0.15) is 5.26 Å². The molecule has 2 unspecified atom stereocenters. The van der Waals surface area contributed by atoms with Crippen LogP contribution in [0.15, 0.2) is 0 Å². The van der Waals surface area contributed by atoms with Gasteiger partial charge in [0.25, 0.3) is 0 Å². The van der Waals surface area contributed by atoms with E-state index < -0.39 is 0 Å². The molecule has 0 aliphatic heterocycles. The molecule has 2 atom stereocenters. The fraction of sp³-hybridized carbons (Fsp3) is 0.917. The van der Waals surface area contributed by atoms with Gasteiger partial charge in [0.05, 0.1) is 12.0 Å². The van der Waals surface area contributed by atoms with Gasteiger partial charge in [0.1, 0.15) is 0 Å². The second-order valence-corrected chi connectivity index (χ2v) is 4.87. The van der Waals surface area contributed by atoms with Gasteiger partial charge in [0, 0.05) is 6.04 Å². The number of nitriles is 1. The number of hydrogen-bond donors (Lipinski definition) is 1. The highest BCUT2D eigenvalue weighted by Gasteiger charge is 2.29. The smallest absolute Gasteiger partial charge is 0.0674 e. The van der Waals surface area contributed by atoms with Crippen molar-refractivity contribution in [3.05, 3.63) is 0 Å². The summed E-state index contributed by atoms with van der Waals surface area (Å²) in [4.78, 5) is 0. The molecule has 2 nitrogen and oxygen atoms in total. The van der Waals surface area contributed by atoms with Gasteiger partial charge in [-0.05, 0) is 24.7 Å². The van der Waals surface area contributed by atoms with Crippen LogP contribution in [-0.2, 0) is 0 Å². The van der Waals surface area contributed by atoms with Gasteiger partial charge >= 0.3 is 0 Å². The summed E-state index contributed by atoms with van der Waals surface area (Å²) in [6.07, 6.45) is 6.41. The SMILES string of the molecule is CC(C)C(C#N)C(N)C1CCCCC1. The Hall–Kier alpha value is -0.550. The molecule has 2 N–H and O–H groups in total. The second kappa shape index (κ2) is 5.36. The van der Waals surface area contributed by atoms with Crippen LogP contribution in [0.25, 0.3) is 0 Å². The molecule has 0 spiro atoms. The quantitative estimate of drug-likeness (QED) is 0.751. The summed E-state index contributed by atoms with van der Waals surface area (Å²) in [5.74, 6) is 1.02. The summed E-state index contributed by atoms with van der Waals surface area (Å²) < 4.78 is 0. The van der Waals surface area contributed by atoms with E-state index in [2.05, 4.69) is 19.9 Å². The van der Waals surface area contributed by atoms with Gasteiger partial charge in [0.2, 0.25) is 0 Å². The molecule has 1 aliphatic rings. The zero-order chi connectivity index (χ0) is 10.6. The minimum atomic E-state index is 0.0399. The van der Waals surface area contributed by atoms with Gasteiger partial charge in [-0.1, -0.05) is 33.1 Å². The minimum absolute atomic E-state index is 0.0399. The molecule has 80 valence electrons. The molecular formula is C12H22N2. The highest BCUT2D eigenvalue weighted by Crippen LogP contribution is 2.30. The van der Waals surface area contributed by atoms with Gasteiger partial charge in [-0.15, -0.1) is 0 Å². The van der Waals surface area contributed by atoms with Gasteiger partial charge in [0.15, 0.2) is 0 Å². The standard InChI is InChI=1S/C12H22N2/c1-9(2)11(8-13)12(14)10-6-4-3-5-7-10/h9-12H,3-7,14H2,1-2H3. The number of nitrogens with zero attached hydrogens (tertiary/aromatic N) is 1. The van der Waals surface area contributed by atoms with Crippen LogP contribution in [0.1, 0.15) is 46.0 Å². The Labute approximate surface area is 87.5 Å². The van der Waals surface area contributed by atoms with Gasteiger partial charge in [-0.3, -0.25) is 0 Å². The monoisotopic (exact) mass is 194 g/mol. The number of hydrogen-bond acceptors (Lipinski definition) is 2. The Balaban J connectivity index is 2.53. The molecule has 0 heterocycles. The maximum absolute atomic E-state index is 9.07. The first-order chi connectivity index (χ1) is 6.66. The molecule has 0 amide bonds. The van der Waals surface area contributed by atoms with Gasteiger partial charge < -0.3 is 5.73 Å². The largest absolute Gasteiger partial charge is 0.326 e. The Bertz CT molecular complexity index is 199. The minimum Gasteiger partial charge on any atom is -0.326 e. The van der Waals surface area contributed by atoms with E-state index in [1.54, 1.807) is 0 Å². The Kier molecular flexibility index (Phi) is 4.41. The second-order valence-electron chi connectivity index (χ2n) is 4.87. The molecule has 1 saturated carbocycles. The lowest BCUT2D eigenvalue weighted by molar-refractivity contribution is 0.241. The Morgan fingerprint density at radius 3 is 2.21 bits per heavy atom. The van der Waals surface area contributed by atoms with E-state index in [4.69, 9.17) is 11.0 Å². The third kappa shape index (κ3) is 2.72. The lowest BCUT2D eigenvalue weighted by Gasteiger charge is -2.31. The molecule has 0 saturated heterocycles. The first-order valence-corrected chi connectivity index (χ1v) is 5.82. The van der Waals surface area contributed by atoms with Crippen molar-refractivity contribution >= 4 is 0 Å². The van der Waals surface area contributed by atoms with E-state index >= 15 is 0 Å². The van der Waals surface area contributed by atoms with Crippen LogP contribution in [-0.4, -0.2) is 6.04 Å². The van der Waals surface area contributed by atoms with Crippen LogP contribution < -0.4 is 5.73 Å². The van der Waals surface area contributed by atoms with Gasteiger partial charge in [-0.25, -0.2) is 0 Å². The zero-order valence-corrected chi connectivity index (χ0v) is 9.37. The molecule has 2 heteroatoms. The Morgan fingerprint density at radius 2 is 1.79 bits per heavy atom. The number of rotatable bonds is 3. The van der Waals surface area contributed by atoms with Crippen molar-refractivity contribution in [1.82, 2.24) is 0 Å². The van der Waals surface area contributed by atoms with Crippen LogP contribution in [0.5, 0.6) is 0 Å². The third-order valence-corrected chi connectivity index (χ3v) is 3.48. The maximum Gasteiger partial charge on any atom is 0.0674 e. The van der Waals surface area contributed by atoms with Crippen molar-refractivity contribution in [3.63, 3.8) is 0 Å². The topological polar surface area (TPSA) is 49.8 Å². The van der Waals surface area contributed by atoms with Crippen molar-refractivity contribution in [2.75, 3.05) is 0 Å². The van der Waals surface area contributed by atoms with E-state index in [1.165, 1.54) is 32.1 Å². The summed E-state index contributed by atoms with van der Waals surface area (Å²) in [6.45, 7) is 4.19. The zero-order valence-electron chi connectivity index (χ0n) is 9.37. The third-order valence-electron chi connectivity index (χ3n) is 3.48. The highest BCUT2D eigenvalue weighted by atomic mass is 14.7. The Morgan fingerprint density at radius 1 is 1.21 bits per heavy atom. The van der Waals surface area contributed by atoms with E-state index in [-0.39, 0.29) is 12.0 Å². The van der Waals surface area contributed by atoms with Crippen molar-refractivity contribution in [1.29, 1.82) is 5.26 Å². The van der Waals surface area contributed by atoms with Crippen LogP contribution >= 0.6 is 0 Å². The summed E-state index contributed by atoms with van der Waals surface area (Å²) in [5, 5.41) is 9.07. The van der Waals surface area contributed by atoms with E-state index in [1.807, 2.05) is 0 Å². The van der Waals surface area contributed by atoms with Crippen molar-refractivity contribution < 1.29 is 0 Å². The maximum atomic E-state index is 9.07. The summed E-state index contributed by atoms with van der Waals surface area (Å²) in [6, 6.07) is 2.47. The molecule has 1 fully saturated rings. The molecule has 0 bridgehead atoms. The molecular weight excluding hydrogens is 172 g/mol. The molecule has 1 rings (SSSR count). The molecule has 1 aliphatic carbocycles. The predicted octanol–water partition coefficient (Wildman–Crippen LogP) is 2.69. The lowest BCUT2D eigenvalue weighted by atomic mass is 9.76. The van der Waals surface area contributed by atoms with E-state index in [9.17, 15) is 0 Å². The van der Waals surface area contributed by atoms with Crippen LogP contribution in [0.4, 0.5) is 0 Å². The first-order valence-electron chi connectivity index (χ1n) is 5.82. The highest BCUT2D eigenvalue weighted by molar-refractivity contribution is 4.95. The lowest BCUT2D eigenvalue weighted by Crippen LogP contribution is -2.40. The summed E-state index contributed by atoms with van der Waals surface area (Å²) in [5.41, 5.74) is 6.18. The van der Waals surface area contributed by atoms with Crippen molar-refractivity contribution in [3.8, 4) is 6.07 Å². The fourth-order valence-corrected chi connectivity index (χ4v) is 2.49. The molecule has 0 aromatic carbocycles. The average molecular weight is 194 g/mol. The van der Waals surface area contributed by atoms with E-state index in [0.717, 1.165) is 0 Å². The molecule has 14 heavy (non-hydrogen) atoms. The predicted molar refractivity (Wildman–Crippen MR) is 58.5 cm³/mol. The van der Waals surface area contributed by atoms with Crippen LogP contribution in [0.3, 0.4) is 0 Å². The van der Waals surface area contributed by atoms with Crippen LogP contribution in [0, 0.1) is 29.1 Å². The summed E-state index contributed by atoms with van der Waals surface area (Å²) in [7, 11) is 0. The van der Waals surface area contributed by atoms with Crippen molar-refractivity contribution in [2.45, 2.75) is 52.0 Å². The summed E-state index contributed by atoms with van der Waals surface area (Å²) >= 11 is 0. The molecule has 0 aromatic rings. The van der Waals surface area contributed by atoms with E-state index in [0.29, 0.717) is 11.8 Å². The van der Waals surface area contributed by atoms with Crippen LogP contribution in [0.2, 0.25) is 0 Å². The van der Waals surface area contributed by atoms with Crippen molar-refractivity contribution in [2.24, 2.45) is 23.5 Å². The molecule has 0 radical (unpaired) electrons. The fourth-order valence-electron chi connectivity index (χ4n) is 2.49. The molecule has 0 aromatic heterocycles.